The van der Waals surface area contributed by atoms with Crippen LogP contribution in [0.5, 0.6) is 0 Å². The molecule has 0 aromatic heterocycles. The maximum absolute atomic E-state index is 12.9. The van der Waals surface area contributed by atoms with Crippen LogP contribution >= 0.6 is 11.6 Å². The van der Waals surface area contributed by atoms with E-state index in [1.54, 1.807) is 13.0 Å². The van der Waals surface area contributed by atoms with Crippen molar-refractivity contribution in [2.45, 2.75) is 31.4 Å². The molecule has 1 unspecified atom stereocenters. The number of sulfonamides is 1. The molecule has 1 atom stereocenters. The molecule has 0 saturated carbocycles. The van der Waals surface area contributed by atoms with Crippen molar-refractivity contribution >= 4 is 21.6 Å². The summed E-state index contributed by atoms with van der Waals surface area (Å²) in [5.74, 6) is 0. The number of hydrogen-bond donors (Lipinski definition) is 1. The third kappa shape index (κ3) is 3.24. The molecule has 7 heteroatoms. The summed E-state index contributed by atoms with van der Waals surface area (Å²) in [6.45, 7) is 5.24. The molecule has 5 nitrogen and oxygen atoms in total. The van der Waals surface area contributed by atoms with Gasteiger partial charge in [-0.15, -0.1) is 0 Å². The maximum atomic E-state index is 12.9. The fraction of sp³-hybridized carbons (Fsp3) is 0.571. The number of benzene rings is 1. The van der Waals surface area contributed by atoms with E-state index in [4.69, 9.17) is 11.6 Å². The van der Waals surface area contributed by atoms with E-state index in [1.165, 1.54) is 10.4 Å². The summed E-state index contributed by atoms with van der Waals surface area (Å²) in [5.41, 5.74) is 1.11. The van der Waals surface area contributed by atoms with Gasteiger partial charge in [0, 0.05) is 30.7 Å². The summed E-state index contributed by atoms with van der Waals surface area (Å²) in [7, 11) is -1.63. The van der Waals surface area contributed by atoms with Gasteiger partial charge in [-0.3, -0.25) is 0 Å². The van der Waals surface area contributed by atoms with Crippen LogP contribution in [0.2, 0.25) is 5.02 Å². The normalized spacial score (nSPS) is 21.7. The van der Waals surface area contributed by atoms with Crippen LogP contribution in [0.3, 0.4) is 0 Å². The fourth-order valence-corrected chi connectivity index (χ4v) is 4.96. The molecule has 1 aromatic rings. The topological polar surface area (TPSA) is 60.9 Å². The van der Waals surface area contributed by atoms with Crippen LogP contribution in [0.25, 0.3) is 0 Å². The minimum absolute atomic E-state index is 0.0929. The molecule has 0 radical (unpaired) electrons. The zero-order chi connectivity index (χ0) is 15.8. The summed E-state index contributed by atoms with van der Waals surface area (Å²) < 4.78 is 27.3. The molecule has 0 amide bonds. The second-order valence-corrected chi connectivity index (χ2v) is 7.87. The maximum Gasteiger partial charge on any atom is 0.243 e. The Balaban J connectivity index is 2.47. The van der Waals surface area contributed by atoms with E-state index >= 15 is 0 Å². The average molecular weight is 333 g/mol. The monoisotopic (exact) mass is 332 g/mol. The molecular formula is C14H21ClN2O3S. The van der Waals surface area contributed by atoms with Crippen LogP contribution in [-0.2, 0) is 16.6 Å². The lowest BCUT2D eigenvalue weighted by molar-refractivity contribution is 0.170. The zero-order valence-corrected chi connectivity index (χ0v) is 14.1. The first kappa shape index (κ1) is 16.7. The first-order valence-electron chi connectivity index (χ1n) is 6.87. The first-order chi connectivity index (χ1) is 9.77. The van der Waals surface area contributed by atoms with Crippen molar-refractivity contribution in [3.05, 3.63) is 28.3 Å². The van der Waals surface area contributed by atoms with Gasteiger partial charge < -0.3 is 10.0 Å². The Hall–Kier alpha value is -0.660. The van der Waals surface area contributed by atoms with E-state index in [9.17, 15) is 13.5 Å². The number of halogens is 1. The molecule has 21 heavy (non-hydrogen) atoms. The zero-order valence-electron chi connectivity index (χ0n) is 12.5. The van der Waals surface area contributed by atoms with Crippen molar-refractivity contribution in [1.82, 2.24) is 9.21 Å². The van der Waals surface area contributed by atoms with Crippen LogP contribution in [0.4, 0.5) is 0 Å². The van der Waals surface area contributed by atoms with Crippen LogP contribution in [-0.4, -0.2) is 55.5 Å². The number of rotatable bonds is 3. The Morgan fingerprint density at radius 1 is 1.38 bits per heavy atom. The third-order valence-corrected chi connectivity index (χ3v) is 6.32. The molecule has 1 aliphatic heterocycles. The number of hydrogen-bond acceptors (Lipinski definition) is 4. The summed E-state index contributed by atoms with van der Waals surface area (Å²) in [4.78, 5) is 2.30. The highest BCUT2D eigenvalue weighted by Crippen LogP contribution is 2.29. The molecule has 1 aliphatic rings. The number of nitrogens with zero attached hydrogens (tertiary/aromatic N) is 2. The SMILES string of the molecule is Cc1c(CO)cc(Cl)cc1S(=O)(=O)N1CCN(C)CC1C. The standard InChI is InChI=1S/C14H21ClN2O3S/c1-10-8-16(3)4-5-17(10)21(19,20)14-7-13(15)6-12(9-18)11(14)2/h6-7,10,18H,4-5,8-9H2,1-3H3. The summed E-state index contributed by atoms with van der Waals surface area (Å²) in [5, 5.41) is 9.68. The minimum atomic E-state index is -3.61. The third-order valence-electron chi connectivity index (χ3n) is 3.96. The number of aliphatic hydroxyl groups is 1. The second kappa shape index (κ2) is 6.22. The quantitative estimate of drug-likeness (QED) is 0.910. The Labute approximate surface area is 131 Å². The van der Waals surface area contributed by atoms with E-state index in [0.717, 1.165) is 0 Å². The van der Waals surface area contributed by atoms with Crippen molar-refractivity contribution < 1.29 is 13.5 Å². The van der Waals surface area contributed by atoms with Gasteiger partial charge in [0.1, 0.15) is 0 Å². The molecule has 0 spiro atoms. The van der Waals surface area contributed by atoms with Gasteiger partial charge in [-0.1, -0.05) is 11.6 Å². The summed E-state index contributed by atoms with van der Waals surface area (Å²) >= 11 is 6.00. The van der Waals surface area contributed by atoms with Crippen molar-refractivity contribution in [2.24, 2.45) is 0 Å². The smallest absolute Gasteiger partial charge is 0.243 e. The lowest BCUT2D eigenvalue weighted by Crippen LogP contribution is -2.52. The van der Waals surface area contributed by atoms with Gasteiger partial charge >= 0.3 is 0 Å². The molecule has 0 aliphatic carbocycles. The van der Waals surface area contributed by atoms with Gasteiger partial charge in [0.2, 0.25) is 10.0 Å². The molecule has 1 saturated heterocycles. The number of likely N-dealkylation sites (N-methyl/N-ethyl adjacent to an activating group) is 1. The van der Waals surface area contributed by atoms with Crippen LogP contribution < -0.4 is 0 Å². The van der Waals surface area contributed by atoms with E-state index in [-0.39, 0.29) is 17.5 Å². The van der Waals surface area contributed by atoms with Gasteiger partial charge in [0.05, 0.1) is 11.5 Å². The number of aliphatic hydroxyl groups excluding tert-OH is 1. The molecule has 1 heterocycles. The predicted molar refractivity (Wildman–Crippen MR) is 83.0 cm³/mol. The Bertz CT molecular complexity index is 633. The highest BCUT2D eigenvalue weighted by atomic mass is 35.5. The van der Waals surface area contributed by atoms with Crippen molar-refractivity contribution in [3.8, 4) is 0 Å². The molecule has 2 rings (SSSR count). The predicted octanol–water partition coefficient (Wildman–Crippen LogP) is 1.47. The van der Waals surface area contributed by atoms with Crippen molar-refractivity contribution in [3.63, 3.8) is 0 Å². The number of piperazine rings is 1. The van der Waals surface area contributed by atoms with Gasteiger partial charge in [0.25, 0.3) is 0 Å². The molecule has 1 aromatic carbocycles. The Morgan fingerprint density at radius 2 is 2.05 bits per heavy atom. The van der Waals surface area contributed by atoms with Crippen molar-refractivity contribution in [1.29, 1.82) is 0 Å². The Kier molecular flexibility index (Phi) is 4.95. The van der Waals surface area contributed by atoms with E-state index < -0.39 is 10.0 Å². The van der Waals surface area contributed by atoms with Gasteiger partial charge in [0.15, 0.2) is 0 Å². The largest absolute Gasteiger partial charge is 0.392 e. The summed E-state index contributed by atoms with van der Waals surface area (Å²) in [6, 6.07) is 2.98. The lowest BCUT2D eigenvalue weighted by atomic mass is 10.1. The van der Waals surface area contributed by atoms with Crippen molar-refractivity contribution in [2.75, 3.05) is 26.7 Å². The highest BCUT2D eigenvalue weighted by molar-refractivity contribution is 7.89. The van der Waals surface area contributed by atoms with E-state index in [2.05, 4.69) is 4.90 Å². The van der Waals surface area contributed by atoms with Crippen LogP contribution in [0.1, 0.15) is 18.1 Å². The second-order valence-electron chi connectivity index (χ2n) is 5.57. The summed E-state index contributed by atoms with van der Waals surface area (Å²) in [6.07, 6.45) is 0. The van der Waals surface area contributed by atoms with Gasteiger partial charge in [-0.05, 0) is 44.2 Å². The van der Waals surface area contributed by atoms with Crippen LogP contribution in [0, 0.1) is 6.92 Å². The fourth-order valence-electron chi connectivity index (χ4n) is 2.75. The molecule has 118 valence electrons. The Morgan fingerprint density at radius 3 is 2.62 bits per heavy atom. The molecule has 1 fully saturated rings. The van der Waals surface area contributed by atoms with E-state index in [0.29, 0.717) is 35.8 Å². The van der Waals surface area contributed by atoms with E-state index in [1.807, 2.05) is 14.0 Å². The lowest BCUT2D eigenvalue weighted by Gasteiger charge is -2.37. The van der Waals surface area contributed by atoms with Gasteiger partial charge in [-0.25, -0.2) is 8.42 Å². The first-order valence-corrected chi connectivity index (χ1v) is 8.69. The molecule has 0 bridgehead atoms. The average Bonchev–Trinajstić information content (AvgIpc) is 2.40. The van der Waals surface area contributed by atoms with Crippen LogP contribution in [0.15, 0.2) is 17.0 Å². The molecular weight excluding hydrogens is 312 g/mol. The molecule has 1 N–H and O–H groups in total. The minimum Gasteiger partial charge on any atom is -0.392 e. The highest BCUT2D eigenvalue weighted by Gasteiger charge is 2.34. The van der Waals surface area contributed by atoms with Gasteiger partial charge in [-0.2, -0.15) is 4.31 Å².